The van der Waals surface area contributed by atoms with Crippen molar-refractivity contribution in [2.75, 3.05) is 23.8 Å². The highest BCUT2D eigenvalue weighted by molar-refractivity contribution is 5.95. The predicted molar refractivity (Wildman–Crippen MR) is 70.5 cm³/mol. The number of anilines is 2. The maximum absolute atomic E-state index is 11.9. The van der Waals surface area contributed by atoms with E-state index in [2.05, 4.69) is 24.5 Å². The third-order valence-corrected chi connectivity index (χ3v) is 3.18. The molecule has 1 aromatic carbocycles. The lowest BCUT2D eigenvalue weighted by Crippen LogP contribution is -2.31. The van der Waals surface area contributed by atoms with Gasteiger partial charge in [0.1, 0.15) is 0 Å². The van der Waals surface area contributed by atoms with E-state index in [1.807, 2.05) is 31.3 Å². The van der Waals surface area contributed by atoms with Gasteiger partial charge in [0.2, 0.25) is 0 Å². The van der Waals surface area contributed by atoms with Crippen molar-refractivity contribution >= 4 is 17.4 Å². The fraction of sp³-hybridized carbons (Fsp3) is 0.462. The van der Waals surface area contributed by atoms with Crippen LogP contribution >= 0.6 is 0 Å². The minimum atomic E-state index is -0.00282. The Kier molecular flexibility index (Phi) is 3.22. The Hall–Kier alpha value is -1.71. The van der Waals surface area contributed by atoms with Crippen LogP contribution in [-0.2, 0) is 0 Å². The van der Waals surface area contributed by atoms with Gasteiger partial charge in [-0.3, -0.25) is 4.90 Å². The first kappa shape index (κ1) is 11.8. The molecule has 1 aliphatic heterocycles. The van der Waals surface area contributed by atoms with Crippen molar-refractivity contribution in [1.29, 1.82) is 0 Å². The topological polar surface area (TPSA) is 44.4 Å². The molecule has 2 N–H and O–H groups in total. The third kappa shape index (κ3) is 2.35. The molecule has 1 atom stereocenters. The minimum Gasteiger partial charge on any atom is -0.388 e. The van der Waals surface area contributed by atoms with E-state index in [0.717, 1.165) is 17.9 Å². The summed E-state index contributed by atoms with van der Waals surface area (Å²) in [6.45, 7) is 4.99. The number of rotatable bonds is 3. The average Bonchev–Trinajstić information content (AvgIpc) is 2.72. The molecule has 2 rings (SSSR count). The number of amides is 2. The largest absolute Gasteiger partial charge is 0.388 e. The van der Waals surface area contributed by atoms with Gasteiger partial charge in [-0.15, -0.1) is 0 Å². The summed E-state index contributed by atoms with van der Waals surface area (Å²) in [7, 11) is 1.88. The van der Waals surface area contributed by atoms with E-state index in [0.29, 0.717) is 5.92 Å². The van der Waals surface area contributed by atoms with Crippen molar-refractivity contribution in [2.24, 2.45) is 5.92 Å². The summed E-state index contributed by atoms with van der Waals surface area (Å²) in [5.74, 6) is 0.455. The summed E-state index contributed by atoms with van der Waals surface area (Å²) in [6.07, 6.45) is 0. The summed E-state index contributed by atoms with van der Waals surface area (Å²) in [6, 6.07) is 8.12. The molecular formula is C13H19N3O. The van der Waals surface area contributed by atoms with Crippen LogP contribution < -0.4 is 15.5 Å². The van der Waals surface area contributed by atoms with E-state index >= 15 is 0 Å². The number of hydrogen-bond acceptors (Lipinski definition) is 2. The van der Waals surface area contributed by atoms with E-state index in [4.69, 9.17) is 0 Å². The van der Waals surface area contributed by atoms with Gasteiger partial charge >= 0.3 is 6.03 Å². The van der Waals surface area contributed by atoms with Gasteiger partial charge in [0.05, 0.1) is 6.04 Å². The molecule has 0 bridgehead atoms. The summed E-state index contributed by atoms with van der Waals surface area (Å²) in [5, 5.41) is 6.09. The first-order chi connectivity index (χ1) is 8.11. The summed E-state index contributed by atoms with van der Waals surface area (Å²) in [5.41, 5.74) is 1.96. The molecule has 0 aromatic heterocycles. The number of carbonyl (C=O) groups excluding carboxylic acids is 1. The summed E-state index contributed by atoms with van der Waals surface area (Å²) >= 11 is 0. The Balaban J connectivity index is 2.19. The number of urea groups is 1. The zero-order valence-corrected chi connectivity index (χ0v) is 10.5. The number of benzene rings is 1. The quantitative estimate of drug-likeness (QED) is 0.841. The lowest BCUT2D eigenvalue weighted by atomic mass is 10.1. The molecule has 1 saturated heterocycles. The average molecular weight is 233 g/mol. The van der Waals surface area contributed by atoms with Crippen molar-refractivity contribution in [3.63, 3.8) is 0 Å². The Morgan fingerprint density at radius 1 is 1.47 bits per heavy atom. The zero-order valence-electron chi connectivity index (χ0n) is 10.5. The van der Waals surface area contributed by atoms with Crippen molar-refractivity contribution < 1.29 is 4.79 Å². The highest BCUT2D eigenvalue weighted by atomic mass is 16.2. The molecule has 0 aliphatic carbocycles. The smallest absolute Gasteiger partial charge is 0.322 e. The molecule has 17 heavy (non-hydrogen) atoms. The molecule has 1 unspecified atom stereocenters. The Labute approximate surface area is 102 Å². The van der Waals surface area contributed by atoms with Crippen LogP contribution in [-0.4, -0.2) is 25.7 Å². The number of hydrogen-bond donors (Lipinski definition) is 2. The fourth-order valence-electron chi connectivity index (χ4n) is 1.99. The third-order valence-electron chi connectivity index (χ3n) is 3.18. The number of carbonyl (C=O) groups is 1. The number of nitrogens with zero attached hydrogens (tertiary/aromatic N) is 1. The van der Waals surface area contributed by atoms with Gasteiger partial charge in [0.15, 0.2) is 0 Å². The minimum absolute atomic E-state index is 0.00282. The molecule has 1 fully saturated rings. The molecule has 1 heterocycles. The Morgan fingerprint density at radius 3 is 2.82 bits per heavy atom. The van der Waals surface area contributed by atoms with Crippen molar-refractivity contribution in [2.45, 2.75) is 19.9 Å². The monoisotopic (exact) mass is 233 g/mol. The van der Waals surface area contributed by atoms with Crippen LogP contribution in [0, 0.1) is 5.92 Å². The van der Waals surface area contributed by atoms with Gasteiger partial charge in [-0.05, 0) is 24.1 Å². The zero-order chi connectivity index (χ0) is 12.4. The highest BCUT2D eigenvalue weighted by Gasteiger charge is 2.31. The van der Waals surface area contributed by atoms with Crippen LogP contribution in [0.25, 0.3) is 0 Å². The fourth-order valence-corrected chi connectivity index (χ4v) is 1.99. The normalized spacial score (nSPS) is 19.6. The van der Waals surface area contributed by atoms with Gasteiger partial charge in [0, 0.05) is 25.0 Å². The first-order valence-corrected chi connectivity index (χ1v) is 5.97. The molecule has 0 radical (unpaired) electrons. The molecule has 4 nitrogen and oxygen atoms in total. The van der Waals surface area contributed by atoms with Crippen LogP contribution in [0.1, 0.15) is 13.8 Å². The molecule has 92 valence electrons. The van der Waals surface area contributed by atoms with Crippen LogP contribution in [0.4, 0.5) is 16.2 Å². The van der Waals surface area contributed by atoms with Crippen molar-refractivity contribution in [1.82, 2.24) is 5.32 Å². The summed E-state index contributed by atoms with van der Waals surface area (Å²) < 4.78 is 0. The molecule has 1 aromatic rings. The molecule has 0 spiro atoms. The lowest BCUT2D eigenvalue weighted by molar-refractivity contribution is 0.249. The van der Waals surface area contributed by atoms with Crippen LogP contribution in [0.15, 0.2) is 24.3 Å². The van der Waals surface area contributed by atoms with E-state index < -0.39 is 0 Å². The Bertz CT molecular complexity index is 417. The predicted octanol–water partition coefficient (Wildman–Crippen LogP) is 2.28. The van der Waals surface area contributed by atoms with Crippen molar-refractivity contribution in [3.8, 4) is 0 Å². The molecule has 0 saturated carbocycles. The molecule has 4 heteroatoms. The second-order valence-corrected chi connectivity index (χ2v) is 4.71. The number of nitrogens with one attached hydrogen (secondary N) is 2. The van der Waals surface area contributed by atoms with Gasteiger partial charge in [-0.1, -0.05) is 19.9 Å². The second-order valence-electron chi connectivity index (χ2n) is 4.71. The lowest BCUT2D eigenvalue weighted by Gasteiger charge is -2.16. The van der Waals surface area contributed by atoms with Gasteiger partial charge in [-0.2, -0.15) is 0 Å². The SMILES string of the molecule is CNc1cccc(N2CC(C(C)C)NC2=O)c1. The van der Waals surface area contributed by atoms with E-state index in [1.165, 1.54) is 0 Å². The maximum Gasteiger partial charge on any atom is 0.322 e. The van der Waals surface area contributed by atoms with Crippen LogP contribution in [0.2, 0.25) is 0 Å². The van der Waals surface area contributed by atoms with Gasteiger partial charge < -0.3 is 10.6 Å². The van der Waals surface area contributed by atoms with E-state index in [9.17, 15) is 4.79 Å². The highest BCUT2D eigenvalue weighted by Crippen LogP contribution is 2.23. The van der Waals surface area contributed by atoms with Gasteiger partial charge in [0.25, 0.3) is 0 Å². The van der Waals surface area contributed by atoms with Crippen LogP contribution in [0.3, 0.4) is 0 Å². The Morgan fingerprint density at radius 2 is 2.24 bits per heavy atom. The second kappa shape index (κ2) is 4.65. The van der Waals surface area contributed by atoms with E-state index in [-0.39, 0.29) is 12.1 Å². The van der Waals surface area contributed by atoms with Crippen molar-refractivity contribution in [3.05, 3.63) is 24.3 Å². The van der Waals surface area contributed by atoms with E-state index in [1.54, 1.807) is 4.90 Å². The molecule has 2 amide bonds. The standard InChI is InChI=1S/C13H19N3O/c1-9(2)12-8-16(13(17)15-12)11-6-4-5-10(7-11)14-3/h4-7,9,12,14H,8H2,1-3H3,(H,15,17). The summed E-state index contributed by atoms with van der Waals surface area (Å²) in [4.78, 5) is 13.7. The molecular weight excluding hydrogens is 214 g/mol. The van der Waals surface area contributed by atoms with Crippen LogP contribution in [0.5, 0.6) is 0 Å². The van der Waals surface area contributed by atoms with Gasteiger partial charge in [-0.25, -0.2) is 4.79 Å². The first-order valence-electron chi connectivity index (χ1n) is 5.97. The maximum atomic E-state index is 11.9. The molecule has 1 aliphatic rings.